The van der Waals surface area contributed by atoms with Gasteiger partial charge >= 0.3 is 12.1 Å². The van der Waals surface area contributed by atoms with Crippen molar-refractivity contribution in [3.8, 4) is 0 Å². The standard InChI is InChI=1S/C24H33FN4O5S/c1-4-20-16(3)14-29(22(20)30)24(32)26-12-11-17-7-10-19(13-21(17)25)35(33,34)28-23(31)27-18-8-5-15(2)6-9-18/h7,10,13,15,18H,4-6,8-9,11-12,14H2,1-3H3,(H,26,32)(H2,27,28,31). The van der Waals surface area contributed by atoms with Gasteiger partial charge in [-0.1, -0.05) is 19.9 Å². The van der Waals surface area contributed by atoms with Crippen molar-refractivity contribution in [1.82, 2.24) is 20.3 Å². The second kappa shape index (κ2) is 11.2. The molecule has 35 heavy (non-hydrogen) atoms. The van der Waals surface area contributed by atoms with Gasteiger partial charge in [-0.25, -0.2) is 27.1 Å². The SMILES string of the molecule is CCC1=C(C)CN(C(=O)NCCc2ccc(S(=O)(=O)NC(=O)NC3CCC(C)CC3)cc2F)C1=O. The van der Waals surface area contributed by atoms with Crippen LogP contribution < -0.4 is 15.4 Å². The summed E-state index contributed by atoms with van der Waals surface area (Å²) in [5.74, 6) is -0.503. The molecule has 5 amide bonds. The Labute approximate surface area is 205 Å². The minimum Gasteiger partial charge on any atom is -0.337 e. The second-order valence-corrected chi connectivity index (χ2v) is 11.0. The molecule has 1 aliphatic carbocycles. The fourth-order valence-corrected chi connectivity index (χ4v) is 5.39. The zero-order chi connectivity index (χ0) is 25.8. The van der Waals surface area contributed by atoms with Gasteiger partial charge in [0, 0.05) is 18.2 Å². The fourth-order valence-electron chi connectivity index (χ4n) is 4.46. The largest absolute Gasteiger partial charge is 0.337 e. The van der Waals surface area contributed by atoms with E-state index >= 15 is 0 Å². The number of hydrogen-bond acceptors (Lipinski definition) is 5. The Balaban J connectivity index is 1.52. The number of nitrogens with one attached hydrogen (secondary N) is 3. The number of carbonyl (C=O) groups is 3. The zero-order valence-corrected chi connectivity index (χ0v) is 21.1. The Bertz CT molecular complexity index is 1130. The van der Waals surface area contributed by atoms with Crippen LogP contribution in [0.3, 0.4) is 0 Å². The summed E-state index contributed by atoms with van der Waals surface area (Å²) in [7, 11) is -4.25. The van der Waals surface area contributed by atoms with Crippen LogP contribution in [0.1, 0.15) is 58.4 Å². The van der Waals surface area contributed by atoms with Crippen LogP contribution in [0.4, 0.5) is 14.0 Å². The van der Waals surface area contributed by atoms with Crippen LogP contribution in [-0.4, -0.2) is 50.4 Å². The fraction of sp³-hybridized carbons (Fsp3) is 0.542. The Kier molecular flexibility index (Phi) is 8.52. The van der Waals surface area contributed by atoms with E-state index in [1.807, 2.05) is 18.6 Å². The van der Waals surface area contributed by atoms with Crippen LogP contribution in [0.15, 0.2) is 34.2 Å². The van der Waals surface area contributed by atoms with Crippen molar-refractivity contribution in [3.63, 3.8) is 0 Å². The van der Waals surface area contributed by atoms with Gasteiger partial charge in [-0.3, -0.25) is 9.69 Å². The normalized spacial score (nSPS) is 20.7. The van der Waals surface area contributed by atoms with Gasteiger partial charge in [0.15, 0.2) is 0 Å². The minimum absolute atomic E-state index is 0.0623. The maximum atomic E-state index is 14.6. The third-order valence-electron chi connectivity index (χ3n) is 6.60. The summed E-state index contributed by atoms with van der Waals surface area (Å²) in [4.78, 5) is 37.5. The van der Waals surface area contributed by atoms with Crippen LogP contribution in [0, 0.1) is 11.7 Å². The molecule has 3 N–H and O–H groups in total. The zero-order valence-electron chi connectivity index (χ0n) is 20.3. The molecule has 1 aromatic rings. The van der Waals surface area contributed by atoms with Gasteiger partial charge in [-0.2, -0.15) is 0 Å². The van der Waals surface area contributed by atoms with E-state index in [2.05, 4.69) is 17.6 Å². The molecule has 192 valence electrons. The summed E-state index contributed by atoms with van der Waals surface area (Å²) < 4.78 is 41.6. The molecule has 0 saturated heterocycles. The van der Waals surface area contributed by atoms with Crippen LogP contribution >= 0.6 is 0 Å². The average Bonchev–Trinajstić information content (AvgIpc) is 3.09. The number of nitrogens with zero attached hydrogens (tertiary/aromatic N) is 1. The summed E-state index contributed by atoms with van der Waals surface area (Å²) in [6.45, 7) is 6.09. The second-order valence-electron chi connectivity index (χ2n) is 9.27. The molecule has 1 aliphatic heterocycles. The Morgan fingerprint density at radius 3 is 2.46 bits per heavy atom. The van der Waals surface area contributed by atoms with E-state index in [-0.39, 0.29) is 41.9 Å². The van der Waals surface area contributed by atoms with Crippen LogP contribution in [-0.2, 0) is 21.2 Å². The first-order valence-corrected chi connectivity index (χ1v) is 13.4. The first-order valence-electron chi connectivity index (χ1n) is 11.9. The highest BCUT2D eigenvalue weighted by atomic mass is 32.2. The topological polar surface area (TPSA) is 125 Å². The molecular formula is C24H33FN4O5S. The van der Waals surface area contributed by atoms with Crippen molar-refractivity contribution in [2.75, 3.05) is 13.1 Å². The van der Waals surface area contributed by atoms with E-state index in [0.717, 1.165) is 42.2 Å². The number of carbonyl (C=O) groups excluding carboxylic acids is 3. The van der Waals surface area contributed by atoms with Gasteiger partial charge in [0.05, 0.1) is 11.4 Å². The first kappa shape index (κ1) is 26.7. The summed E-state index contributed by atoms with van der Waals surface area (Å²) in [5.41, 5.74) is 1.67. The number of imide groups is 1. The lowest BCUT2D eigenvalue weighted by molar-refractivity contribution is -0.123. The monoisotopic (exact) mass is 508 g/mol. The number of sulfonamides is 1. The van der Waals surface area contributed by atoms with E-state index in [1.165, 1.54) is 12.1 Å². The highest BCUT2D eigenvalue weighted by molar-refractivity contribution is 7.90. The quantitative estimate of drug-likeness (QED) is 0.522. The lowest BCUT2D eigenvalue weighted by Gasteiger charge is -2.26. The van der Waals surface area contributed by atoms with Gasteiger partial charge in [0.25, 0.3) is 15.9 Å². The summed E-state index contributed by atoms with van der Waals surface area (Å²) in [6.07, 6.45) is 4.16. The van der Waals surface area contributed by atoms with Gasteiger partial charge < -0.3 is 10.6 Å². The van der Waals surface area contributed by atoms with Gasteiger partial charge in [0.2, 0.25) is 0 Å². The van der Waals surface area contributed by atoms with Crippen molar-refractivity contribution in [3.05, 3.63) is 40.7 Å². The molecule has 11 heteroatoms. The van der Waals surface area contributed by atoms with E-state index in [0.29, 0.717) is 17.9 Å². The van der Waals surface area contributed by atoms with Gasteiger partial charge in [0.1, 0.15) is 5.82 Å². The number of halogens is 1. The molecule has 0 unspecified atom stereocenters. The highest BCUT2D eigenvalue weighted by Gasteiger charge is 2.31. The van der Waals surface area contributed by atoms with Crippen molar-refractivity contribution in [2.24, 2.45) is 5.92 Å². The maximum absolute atomic E-state index is 14.6. The van der Waals surface area contributed by atoms with Crippen molar-refractivity contribution >= 4 is 28.0 Å². The predicted molar refractivity (Wildman–Crippen MR) is 128 cm³/mol. The summed E-state index contributed by atoms with van der Waals surface area (Å²) >= 11 is 0. The third-order valence-corrected chi connectivity index (χ3v) is 7.92. The summed E-state index contributed by atoms with van der Waals surface area (Å²) in [6, 6.07) is 1.89. The van der Waals surface area contributed by atoms with E-state index in [4.69, 9.17) is 0 Å². The Morgan fingerprint density at radius 1 is 1.17 bits per heavy atom. The maximum Gasteiger partial charge on any atom is 0.328 e. The van der Waals surface area contributed by atoms with Gasteiger partial charge in [-0.05, 0) is 74.6 Å². The molecule has 0 bridgehead atoms. The van der Waals surface area contributed by atoms with Crippen molar-refractivity contribution in [1.29, 1.82) is 0 Å². The number of benzene rings is 1. The molecule has 9 nitrogen and oxygen atoms in total. The molecular weight excluding hydrogens is 475 g/mol. The first-order chi connectivity index (χ1) is 16.5. The lowest BCUT2D eigenvalue weighted by Crippen LogP contribution is -2.45. The molecule has 0 aromatic heterocycles. The number of hydrogen-bond donors (Lipinski definition) is 3. The third kappa shape index (κ3) is 6.59. The van der Waals surface area contributed by atoms with E-state index < -0.39 is 27.9 Å². The van der Waals surface area contributed by atoms with E-state index in [1.54, 1.807) is 0 Å². The molecule has 2 aliphatic rings. The molecule has 0 atom stereocenters. The van der Waals surface area contributed by atoms with Crippen LogP contribution in [0.2, 0.25) is 0 Å². The molecule has 3 rings (SSSR count). The smallest absolute Gasteiger partial charge is 0.328 e. The predicted octanol–water partition coefficient (Wildman–Crippen LogP) is 3.21. The lowest BCUT2D eigenvalue weighted by atomic mass is 9.87. The number of rotatable bonds is 7. The Morgan fingerprint density at radius 2 is 1.86 bits per heavy atom. The molecule has 1 heterocycles. The van der Waals surface area contributed by atoms with Crippen LogP contribution in [0.5, 0.6) is 0 Å². The number of amides is 5. The minimum atomic E-state index is -4.25. The molecule has 1 fully saturated rings. The highest BCUT2D eigenvalue weighted by Crippen LogP contribution is 2.24. The average molecular weight is 509 g/mol. The Hall–Kier alpha value is -2.95. The molecule has 0 spiro atoms. The summed E-state index contributed by atoms with van der Waals surface area (Å²) in [5, 5.41) is 5.27. The van der Waals surface area contributed by atoms with Gasteiger partial charge in [-0.15, -0.1) is 0 Å². The van der Waals surface area contributed by atoms with Crippen molar-refractivity contribution in [2.45, 2.75) is 70.2 Å². The molecule has 1 aromatic carbocycles. The van der Waals surface area contributed by atoms with Crippen molar-refractivity contribution < 1.29 is 27.2 Å². The molecule has 0 radical (unpaired) electrons. The number of urea groups is 2. The van der Waals surface area contributed by atoms with Crippen LogP contribution in [0.25, 0.3) is 0 Å². The molecule has 1 saturated carbocycles. The van der Waals surface area contributed by atoms with E-state index in [9.17, 15) is 27.2 Å².